The van der Waals surface area contributed by atoms with Gasteiger partial charge in [-0.1, -0.05) is 19.8 Å². The van der Waals surface area contributed by atoms with E-state index in [1.165, 1.54) is 25.7 Å². The second-order valence-corrected chi connectivity index (χ2v) is 6.40. The Morgan fingerprint density at radius 1 is 1.25 bits per heavy atom. The van der Waals surface area contributed by atoms with Gasteiger partial charge in [0.1, 0.15) is 0 Å². The highest BCUT2D eigenvalue weighted by molar-refractivity contribution is 5.78. The molecule has 2 aliphatic rings. The van der Waals surface area contributed by atoms with Crippen molar-refractivity contribution in [3.8, 4) is 0 Å². The monoisotopic (exact) mass is 282 g/mol. The van der Waals surface area contributed by atoms with Crippen molar-refractivity contribution in [2.45, 2.75) is 70.4 Å². The molecular formula is C16H30N2O2. The molecule has 0 aromatic heterocycles. The van der Waals surface area contributed by atoms with Crippen LogP contribution >= 0.6 is 0 Å². The average molecular weight is 282 g/mol. The minimum Gasteiger partial charge on any atom is -0.393 e. The van der Waals surface area contributed by atoms with Gasteiger partial charge in [0.05, 0.1) is 12.6 Å². The van der Waals surface area contributed by atoms with E-state index < -0.39 is 0 Å². The average Bonchev–Trinajstić information content (AvgIpc) is 3.27. The number of carbonyl (C=O) groups is 1. The van der Waals surface area contributed by atoms with Crippen LogP contribution in [0.2, 0.25) is 0 Å². The molecule has 4 nitrogen and oxygen atoms in total. The molecule has 116 valence electrons. The van der Waals surface area contributed by atoms with E-state index in [0.29, 0.717) is 18.5 Å². The van der Waals surface area contributed by atoms with Crippen LogP contribution in [0, 0.1) is 5.92 Å². The first-order chi connectivity index (χ1) is 9.70. The number of aliphatic hydroxyl groups is 1. The summed E-state index contributed by atoms with van der Waals surface area (Å²) in [7, 11) is 0. The highest BCUT2D eigenvalue weighted by Crippen LogP contribution is 2.28. The van der Waals surface area contributed by atoms with Gasteiger partial charge in [-0.3, -0.25) is 9.69 Å². The first-order valence-electron chi connectivity index (χ1n) is 8.39. The molecule has 0 aliphatic heterocycles. The highest BCUT2D eigenvalue weighted by atomic mass is 16.3. The van der Waals surface area contributed by atoms with Gasteiger partial charge < -0.3 is 10.4 Å². The normalized spacial score (nSPS) is 26.8. The zero-order valence-corrected chi connectivity index (χ0v) is 12.8. The van der Waals surface area contributed by atoms with Crippen LogP contribution in [0.3, 0.4) is 0 Å². The predicted octanol–water partition coefficient (Wildman–Crippen LogP) is 1.92. The Hall–Kier alpha value is -0.610. The summed E-state index contributed by atoms with van der Waals surface area (Å²) >= 11 is 0. The Bertz CT molecular complexity index is 305. The second kappa shape index (κ2) is 7.99. The lowest BCUT2D eigenvalue weighted by molar-refractivity contribution is -0.122. The van der Waals surface area contributed by atoms with Crippen LogP contribution in [-0.2, 0) is 4.79 Å². The molecule has 1 amide bonds. The fraction of sp³-hybridized carbons (Fsp3) is 0.938. The maximum Gasteiger partial charge on any atom is 0.234 e. The van der Waals surface area contributed by atoms with Gasteiger partial charge >= 0.3 is 0 Å². The maximum absolute atomic E-state index is 11.9. The molecule has 2 atom stereocenters. The lowest BCUT2D eigenvalue weighted by Crippen LogP contribution is -2.38. The van der Waals surface area contributed by atoms with Gasteiger partial charge in [0.2, 0.25) is 5.91 Å². The molecule has 4 heteroatoms. The molecule has 2 unspecified atom stereocenters. The largest absolute Gasteiger partial charge is 0.393 e. The molecule has 0 aromatic carbocycles. The van der Waals surface area contributed by atoms with Gasteiger partial charge in [-0.2, -0.15) is 0 Å². The van der Waals surface area contributed by atoms with Gasteiger partial charge in [-0.05, 0) is 51.0 Å². The van der Waals surface area contributed by atoms with E-state index in [1.54, 1.807) is 0 Å². The zero-order valence-electron chi connectivity index (χ0n) is 12.8. The van der Waals surface area contributed by atoms with Gasteiger partial charge in [0.15, 0.2) is 0 Å². The van der Waals surface area contributed by atoms with Crippen LogP contribution in [0.5, 0.6) is 0 Å². The van der Waals surface area contributed by atoms with Crippen molar-refractivity contribution in [2.24, 2.45) is 5.92 Å². The van der Waals surface area contributed by atoms with E-state index >= 15 is 0 Å². The lowest BCUT2D eigenvalue weighted by atomic mass is 9.83. The summed E-state index contributed by atoms with van der Waals surface area (Å²) in [4.78, 5) is 14.1. The van der Waals surface area contributed by atoms with E-state index in [2.05, 4.69) is 17.1 Å². The van der Waals surface area contributed by atoms with Crippen LogP contribution in [0.1, 0.15) is 58.3 Å². The third kappa shape index (κ3) is 5.06. The number of nitrogens with one attached hydrogen (secondary N) is 1. The third-order valence-electron chi connectivity index (χ3n) is 4.76. The summed E-state index contributed by atoms with van der Waals surface area (Å²) in [6.07, 6.45) is 8.96. The Morgan fingerprint density at radius 3 is 2.65 bits per heavy atom. The molecule has 2 aliphatic carbocycles. The van der Waals surface area contributed by atoms with Crippen LogP contribution < -0.4 is 5.32 Å². The van der Waals surface area contributed by atoms with Crippen molar-refractivity contribution < 1.29 is 9.90 Å². The summed E-state index contributed by atoms with van der Waals surface area (Å²) in [6.45, 7) is 4.39. The first-order valence-corrected chi connectivity index (χ1v) is 8.39. The van der Waals surface area contributed by atoms with Gasteiger partial charge in [-0.15, -0.1) is 0 Å². The van der Waals surface area contributed by atoms with E-state index in [1.807, 2.05) is 0 Å². The van der Waals surface area contributed by atoms with Crippen molar-refractivity contribution in [3.63, 3.8) is 0 Å². The van der Waals surface area contributed by atoms with Crippen LogP contribution in [0.4, 0.5) is 0 Å². The smallest absolute Gasteiger partial charge is 0.234 e. The number of likely N-dealkylation sites (N-methyl/N-ethyl adjacent to an activating group) is 1. The molecular weight excluding hydrogens is 252 g/mol. The molecule has 0 saturated heterocycles. The number of rotatable bonds is 8. The quantitative estimate of drug-likeness (QED) is 0.669. The number of carbonyl (C=O) groups excluding carboxylic acids is 1. The number of amides is 1. The van der Waals surface area contributed by atoms with Crippen molar-refractivity contribution in [1.82, 2.24) is 10.2 Å². The second-order valence-electron chi connectivity index (χ2n) is 6.40. The lowest BCUT2D eigenvalue weighted by Gasteiger charge is -2.27. The van der Waals surface area contributed by atoms with Crippen LogP contribution in [0.25, 0.3) is 0 Å². The summed E-state index contributed by atoms with van der Waals surface area (Å²) in [5, 5.41) is 12.9. The minimum absolute atomic E-state index is 0.107. The van der Waals surface area contributed by atoms with E-state index in [0.717, 1.165) is 38.8 Å². The Labute approximate surface area is 122 Å². The van der Waals surface area contributed by atoms with E-state index in [9.17, 15) is 9.90 Å². The fourth-order valence-corrected chi connectivity index (χ4v) is 3.30. The zero-order chi connectivity index (χ0) is 14.4. The highest BCUT2D eigenvalue weighted by Gasteiger charge is 2.28. The molecule has 2 saturated carbocycles. The third-order valence-corrected chi connectivity index (χ3v) is 4.76. The molecule has 0 radical (unpaired) electrons. The minimum atomic E-state index is -0.107. The van der Waals surface area contributed by atoms with Crippen molar-refractivity contribution in [3.05, 3.63) is 0 Å². The summed E-state index contributed by atoms with van der Waals surface area (Å²) in [5.41, 5.74) is 0. The van der Waals surface area contributed by atoms with Crippen molar-refractivity contribution in [1.29, 1.82) is 0 Å². The molecule has 2 rings (SSSR count). The summed E-state index contributed by atoms with van der Waals surface area (Å²) < 4.78 is 0. The molecule has 20 heavy (non-hydrogen) atoms. The molecule has 0 spiro atoms. The molecule has 0 aromatic rings. The van der Waals surface area contributed by atoms with E-state index in [4.69, 9.17) is 0 Å². The number of hydrogen-bond donors (Lipinski definition) is 2. The molecule has 0 heterocycles. The standard InChI is InChI=1S/C16H30N2O2/c1-2-18(14-9-10-14)12-16(20)17-11-5-7-13-6-3-4-8-15(13)19/h13-15,19H,2-12H2,1H3,(H,17,20). The Balaban J connectivity index is 1.54. The fourth-order valence-electron chi connectivity index (χ4n) is 3.30. The van der Waals surface area contributed by atoms with Crippen LogP contribution in [0.15, 0.2) is 0 Å². The Kier molecular flexibility index (Phi) is 6.30. The molecule has 2 N–H and O–H groups in total. The van der Waals surface area contributed by atoms with E-state index in [-0.39, 0.29) is 12.0 Å². The van der Waals surface area contributed by atoms with Gasteiger partial charge in [0.25, 0.3) is 0 Å². The number of nitrogens with zero attached hydrogens (tertiary/aromatic N) is 1. The van der Waals surface area contributed by atoms with Gasteiger partial charge in [0, 0.05) is 12.6 Å². The molecule has 2 fully saturated rings. The predicted molar refractivity (Wildman–Crippen MR) is 80.5 cm³/mol. The summed E-state index contributed by atoms with van der Waals surface area (Å²) in [5.74, 6) is 0.613. The first kappa shape index (κ1) is 15.8. The molecule has 0 bridgehead atoms. The summed E-state index contributed by atoms with van der Waals surface area (Å²) in [6, 6.07) is 0.656. The van der Waals surface area contributed by atoms with Crippen molar-refractivity contribution >= 4 is 5.91 Å². The van der Waals surface area contributed by atoms with Crippen LogP contribution in [-0.4, -0.2) is 47.7 Å². The SMILES string of the molecule is CCN(CC(=O)NCCCC1CCCCC1O)C1CC1. The van der Waals surface area contributed by atoms with Gasteiger partial charge in [-0.25, -0.2) is 0 Å². The number of hydrogen-bond acceptors (Lipinski definition) is 3. The number of aliphatic hydroxyl groups excluding tert-OH is 1. The maximum atomic E-state index is 11.9. The van der Waals surface area contributed by atoms with Crippen molar-refractivity contribution in [2.75, 3.05) is 19.6 Å². The Morgan fingerprint density at radius 2 is 2.00 bits per heavy atom. The topological polar surface area (TPSA) is 52.6 Å².